The van der Waals surface area contributed by atoms with E-state index < -0.39 is 0 Å². The van der Waals surface area contributed by atoms with Gasteiger partial charge in [-0.25, -0.2) is 0 Å². The van der Waals surface area contributed by atoms with Crippen LogP contribution >= 0.6 is 0 Å². The lowest BCUT2D eigenvalue weighted by Gasteiger charge is -2.41. The Labute approximate surface area is 125 Å². The van der Waals surface area contributed by atoms with Crippen molar-refractivity contribution in [2.24, 2.45) is 5.92 Å². The standard InChI is InChI=1S/C17H34N2O/c1-4-14(2)17-13-19(15(3)12-18-17)10-11-20-16-8-6-5-7-9-16/h14-18H,4-13H2,1-3H3. The van der Waals surface area contributed by atoms with E-state index in [1.54, 1.807) is 0 Å². The van der Waals surface area contributed by atoms with E-state index in [9.17, 15) is 0 Å². The smallest absolute Gasteiger partial charge is 0.0597 e. The van der Waals surface area contributed by atoms with Gasteiger partial charge in [0.05, 0.1) is 12.7 Å². The van der Waals surface area contributed by atoms with Crippen LogP contribution in [0.2, 0.25) is 0 Å². The van der Waals surface area contributed by atoms with E-state index in [2.05, 4.69) is 31.0 Å². The zero-order valence-electron chi connectivity index (χ0n) is 13.7. The first kappa shape index (κ1) is 16.3. The summed E-state index contributed by atoms with van der Waals surface area (Å²) in [5.74, 6) is 0.768. The molecule has 0 bridgehead atoms. The molecule has 1 heterocycles. The lowest BCUT2D eigenvalue weighted by Crippen LogP contribution is -2.58. The van der Waals surface area contributed by atoms with Gasteiger partial charge in [-0.3, -0.25) is 4.90 Å². The van der Waals surface area contributed by atoms with Gasteiger partial charge in [-0.15, -0.1) is 0 Å². The van der Waals surface area contributed by atoms with Crippen LogP contribution in [0, 0.1) is 5.92 Å². The number of hydrogen-bond donors (Lipinski definition) is 1. The largest absolute Gasteiger partial charge is 0.377 e. The molecule has 118 valence electrons. The fourth-order valence-electron chi connectivity index (χ4n) is 3.49. The van der Waals surface area contributed by atoms with E-state index in [0.717, 1.165) is 25.6 Å². The van der Waals surface area contributed by atoms with Crippen molar-refractivity contribution >= 4 is 0 Å². The molecule has 0 amide bonds. The van der Waals surface area contributed by atoms with Crippen LogP contribution in [-0.4, -0.2) is 49.3 Å². The van der Waals surface area contributed by atoms with Crippen molar-refractivity contribution in [1.82, 2.24) is 10.2 Å². The molecule has 0 aromatic rings. The molecular weight excluding hydrogens is 248 g/mol. The molecule has 1 saturated heterocycles. The number of nitrogens with zero attached hydrogens (tertiary/aromatic N) is 1. The summed E-state index contributed by atoms with van der Waals surface area (Å²) >= 11 is 0. The average molecular weight is 282 g/mol. The molecule has 3 heteroatoms. The van der Waals surface area contributed by atoms with Crippen LogP contribution < -0.4 is 5.32 Å². The summed E-state index contributed by atoms with van der Waals surface area (Å²) in [5.41, 5.74) is 0. The van der Waals surface area contributed by atoms with Crippen molar-refractivity contribution in [3.63, 3.8) is 0 Å². The zero-order valence-corrected chi connectivity index (χ0v) is 13.7. The maximum Gasteiger partial charge on any atom is 0.0597 e. The molecular formula is C17H34N2O. The highest BCUT2D eigenvalue weighted by Gasteiger charge is 2.27. The van der Waals surface area contributed by atoms with Gasteiger partial charge in [0.2, 0.25) is 0 Å². The molecule has 0 aromatic heterocycles. The predicted octanol–water partition coefficient (Wildman–Crippen LogP) is 3.04. The Morgan fingerprint density at radius 2 is 2.00 bits per heavy atom. The van der Waals surface area contributed by atoms with Crippen molar-refractivity contribution < 1.29 is 4.74 Å². The van der Waals surface area contributed by atoms with Gasteiger partial charge in [-0.1, -0.05) is 39.5 Å². The lowest BCUT2D eigenvalue weighted by atomic mass is 9.96. The summed E-state index contributed by atoms with van der Waals surface area (Å²) in [6, 6.07) is 1.30. The Balaban J connectivity index is 1.69. The summed E-state index contributed by atoms with van der Waals surface area (Å²) in [5, 5.41) is 3.71. The molecule has 1 aliphatic heterocycles. The number of ether oxygens (including phenoxy) is 1. The Morgan fingerprint density at radius 1 is 1.25 bits per heavy atom. The third-order valence-corrected chi connectivity index (χ3v) is 5.35. The van der Waals surface area contributed by atoms with Gasteiger partial charge in [0.1, 0.15) is 0 Å². The van der Waals surface area contributed by atoms with E-state index in [1.165, 1.54) is 45.1 Å². The second-order valence-electron chi connectivity index (χ2n) is 6.88. The highest BCUT2D eigenvalue weighted by atomic mass is 16.5. The van der Waals surface area contributed by atoms with Crippen LogP contribution in [0.3, 0.4) is 0 Å². The molecule has 20 heavy (non-hydrogen) atoms. The van der Waals surface area contributed by atoms with Gasteiger partial charge in [0.15, 0.2) is 0 Å². The van der Waals surface area contributed by atoms with Crippen molar-refractivity contribution in [3.8, 4) is 0 Å². The molecule has 0 spiro atoms. The van der Waals surface area contributed by atoms with E-state index in [1.807, 2.05) is 0 Å². The Hall–Kier alpha value is -0.120. The zero-order chi connectivity index (χ0) is 14.4. The van der Waals surface area contributed by atoms with Gasteiger partial charge in [0.25, 0.3) is 0 Å². The van der Waals surface area contributed by atoms with Crippen molar-refractivity contribution in [1.29, 1.82) is 0 Å². The summed E-state index contributed by atoms with van der Waals surface area (Å²) in [4.78, 5) is 2.62. The summed E-state index contributed by atoms with van der Waals surface area (Å²) in [7, 11) is 0. The first-order valence-electron chi connectivity index (χ1n) is 8.79. The van der Waals surface area contributed by atoms with Crippen LogP contribution in [0.25, 0.3) is 0 Å². The third kappa shape index (κ3) is 4.71. The van der Waals surface area contributed by atoms with E-state index >= 15 is 0 Å². The average Bonchev–Trinajstić information content (AvgIpc) is 2.49. The molecule has 0 radical (unpaired) electrons. The molecule has 1 saturated carbocycles. The summed E-state index contributed by atoms with van der Waals surface area (Å²) in [6.45, 7) is 11.3. The minimum Gasteiger partial charge on any atom is -0.377 e. The Kier molecular flexibility index (Phi) is 6.79. The van der Waals surface area contributed by atoms with Crippen LogP contribution in [0.15, 0.2) is 0 Å². The van der Waals surface area contributed by atoms with Crippen LogP contribution in [-0.2, 0) is 4.74 Å². The van der Waals surface area contributed by atoms with Gasteiger partial charge >= 0.3 is 0 Å². The molecule has 2 aliphatic rings. The Morgan fingerprint density at radius 3 is 2.70 bits per heavy atom. The van der Waals surface area contributed by atoms with Crippen molar-refractivity contribution in [2.75, 3.05) is 26.2 Å². The number of hydrogen-bond acceptors (Lipinski definition) is 3. The molecule has 2 fully saturated rings. The molecule has 3 atom stereocenters. The van der Waals surface area contributed by atoms with Crippen LogP contribution in [0.4, 0.5) is 0 Å². The maximum atomic E-state index is 6.09. The van der Waals surface area contributed by atoms with Gasteiger partial charge in [-0.2, -0.15) is 0 Å². The number of rotatable bonds is 6. The predicted molar refractivity (Wildman–Crippen MR) is 85.1 cm³/mol. The Bertz CT molecular complexity index is 266. The molecule has 1 N–H and O–H groups in total. The second-order valence-corrected chi connectivity index (χ2v) is 6.88. The fraction of sp³-hybridized carbons (Fsp3) is 1.00. The summed E-state index contributed by atoms with van der Waals surface area (Å²) in [6.07, 6.45) is 8.52. The van der Waals surface area contributed by atoms with Gasteiger partial charge in [0, 0.05) is 31.7 Å². The van der Waals surface area contributed by atoms with Gasteiger partial charge < -0.3 is 10.1 Å². The first-order chi connectivity index (χ1) is 9.70. The van der Waals surface area contributed by atoms with Gasteiger partial charge in [-0.05, 0) is 25.7 Å². The second kappa shape index (κ2) is 8.35. The molecule has 1 aliphatic carbocycles. The third-order valence-electron chi connectivity index (χ3n) is 5.35. The van der Waals surface area contributed by atoms with Crippen molar-refractivity contribution in [3.05, 3.63) is 0 Å². The lowest BCUT2D eigenvalue weighted by molar-refractivity contribution is 0.00336. The fourth-order valence-corrected chi connectivity index (χ4v) is 3.49. The monoisotopic (exact) mass is 282 g/mol. The van der Waals surface area contributed by atoms with Crippen LogP contribution in [0.5, 0.6) is 0 Å². The highest BCUT2D eigenvalue weighted by molar-refractivity contribution is 4.86. The maximum absolute atomic E-state index is 6.09. The van der Waals surface area contributed by atoms with Crippen LogP contribution in [0.1, 0.15) is 59.3 Å². The molecule has 3 unspecified atom stereocenters. The number of piperazine rings is 1. The van der Waals surface area contributed by atoms with Crippen molar-refractivity contribution in [2.45, 2.75) is 77.5 Å². The van der Waals surface area contributed by atoms with E-state index in [-0.39, 0.29) is 0 Å². The number of nitrogens with one attached hydrogen (secondary N) is 1. The minimum atomic E-state index is 0.548. The summed E-state index contributed by atoms with van der Waals surface area (Å²) < 4.78 is 6.09. The highest BCUT2D eigenvalue weighted by Crippen LogP contribution is 2.20. The normalized spacial score (nSPS) is 31.4. The quantitative estimate of drug-likeness (QED) is 0.810. The SMILES string of the molecule is CCC(C)C1CN(CCOC2CCCCC2)C(C)CN1. The molecule has 0 aromatic carbocycles. The van der Waals surface area contributed by atoms with E-state index in [4.69, 9.17) is 4.74 Å². The molecule has 2 rings (SSSR count). The minimum absolute atomic E-state index is 0.548. The molecule has 3 nitrogen and oxygen atoms in total. The van der Waals surface area contributed by atoms with E-state index in [0.29, 0.717) is 18.2 Å². The topological polar surface area (TPSA) is 24.5 Å². The first-order valence-corrected chi connectivity index (χ1v) is 8.79.